The van der Waals surface area contributed by atoms with Gasteiger partial charge in [-0.2, -0.15) is 0 Å². The van der Waals surface area contributed by atoms with Gasteiger partial charge in [-0.3, -0.25) is 4.90 Å². The van der Waals surface area contributed by atoms with Gasteiger partial charge in [0.25, 0.3) is 0 Å². The summed E-state index contributed by atoms with van der Waals surface area (Å²) < 4.78 is 0. The first kappa shape index (κ1) is 14.5. The van der Waals surface area contributed by atoms with E-state index in [9.17, 15) is 0 Å². The summed E-state index contributed by atoms with van der Waals surface area (Å²) in [6, 6.07) is 11.6. The lowest BCUT2D eigenvalue weighted by molar-refractivity contribution is 0.0916. The maximum absolute atomic E-state index is 6.45. The summed E-state index contributed by atoms with van der Waals surface area (Å²) in [7, 11) is 2.25. The number of likely N-dealkylation sites (N-methyl/N-ethyl adjacent to an activating group) is 1. The van der Waals surface area contributed by atoms with Crippen LogP contribution in [0.25, 0.3) is 0 Å². The third-order valence-corrected chi connectivity index (χ3v) is 4.94. The van der Waals surface area contributed by atoms with Gasteiger partial charge in [-0.15, -0.1) is 0 Å². The van der Waals surface area contributed by atoms with Gasteiger partial charge in [-0.1, -0.05) is 50.1 Å². The van der Waals surface area contributed by atoms with Gasteiger partial charge in [0.05, 0.1) is 0 Å². The summed E-state index contributed by atoms with van der Waals surface area (Å²) in [5.41, 5.74) is 7.69. The summed E-state index contributed by atoms with van der Waals surface area (Å²) in [5.74, 6) is 0.796. The highest BCUT2D eigenvalue weighted by atomic mass is 15.2. The zero-order valence-corrected chi connectivity index (χ0v) is 12.5. The second kappa shape index (κ2) is 6.53. The van der Waals surface area contributed by atoms with Crippen molar-refractivity contribution in [2.24, 2.45) is 11.7 Å². The Hall–Kier alpha value is -0.860. The number of hydrogen-bond acceptors (Lipinski definition) is 2. The molecule has 0 bridgehead atoms. The van der Waals surface area contributed by atoms with Crippen LogP contribution < -0.4 is 5.73 Å². The molecule has 2 rings (SSSR count). The Balaban J connectivity index is 2.03. The van der Waals surface area contributed by atoms with Crippen LogP contribution in [-0.4, -0.2) is 24.0 Å². The minimum Gasteiger partial charge on any atom is -0.323 e. The summed E-state index contributed by atoms with van der Waals surface area (Å²) in [4.78, 5) is 2.52. The van der Waals surface area contributed by atoms with E-state index < -0.39 is 0 Å². The van der Waals surface area contributed by atoms with Crippen LogP contribution in [0.1, 0.15) is 51.1 Å². The smallest absolute Gasteiger partial charge is 0.0450 e. The molecule has 1 aromatic carbocycles. The molecule has 0 amide bonds. The molecule has 0 aromatic heterocycles. The summed E-state index contributed by atoms with van der Waals surface area (Å²) >= 11 is 0. The van der Waals surface area contributed by atoms with E-state index in [1.165, 1.54) is 31.2 Å². The number of hydrogen-bond donors (Lipinski definition) is 1. The van der Waals surface area contributed by atoms with Gasteiger partial charge in [-0.05, 0) is 38.3 Å². The summed E-state index contributed by atoms with van der Waals surface area (Å²) in [6.45, 7) is 4.65. The second-order valence-electron chi connectivity index (χ2n) is 6.17. The zero-order valence-electron chi connectivity index (χ0n) is 12.5. The molecule has 2 nitrogen and oxygen atoms in total. The normalized spacial score (nSPS) is 27.2. The number of nitrogens with zero attached hydrogens (tertiary/aromatic N) is 1. The van der Waals surface area contributed by atoms with Crippen molar-refractivity contribution in [3.05, 3.63) is 35.9 Å². The predicted molar refractivity (Wildman–Crippen MR) is 82.0 cm³/mol. The van der Waals surface area contributed by atoms with Gasteiger partial charge in [0.15, 0.2) is 0 Å². The standard InChI is InChI=1S/C17H28N2/c1-13-9-7-8-12-16(13)19(3)14(2)17(18)15-10-5-4-6-11-15/h4-6,10-11,13-14,16-17H,7-9,12,18H2,1-3H3. The third kappa shape index (κ3) is 3.37. The summed E-state index contributed by atoms with van der Waals surface area (Å²) in [5, 5.41) is 0. The lowest BCUT2D eigenvalue weighted by Crippen LogP contribution is -2.47. The predicted octanol–water partition coefficient (Wildman–Crippen LogP) is 3.59. The van der Waals surface area contributed by atoms with Crippen LogP contribution in [0.3, 0.4) is 0 Å². The van der Waals surface area contributed by atoms with Crippen molar-refractivity contribution in [2.45, 2.75) is 57.7 Å². The van der Waals surface area contributed by atoms with Crippen molar-refractivity contribution in [3.8, 4) is 0 Å². The van der Waals surface area contributed by atoms with Crippen molar-refractivity contribution >= 4 is 0 Å². The van der Waals surface area contributed by atoms with Gasteiger partial charge in [0.2, 0.25) is 0 Å². The van der Waals surface area contributed by atoms with Crippen LogP contribution in [-0.2, 0) is 0 Å². The van der Waals surface area contributed by atoms with E-state index in [0.29, 0.717) is 12.1 Å². The largest absolute Gasteiger partial charge is 0.323 e. The number of rotatable bonds is 4. The molecular formula is C17H28N2. The first-order chi connectivity index (χ1) is 9.11. The molecule has 0 radical (unpaired) electrons. The first-order valence-corrected chi connectivity index (χ1v) is 7.63. The molecule has 0 spiro atoms. The number of benzene rings is 1. The molecule has 1 aliphatic carbocycles. The fourth-order valence-electron chi connectivity index (χ4n) is 3.41. The van der Waals surface area contributed by atoms with Gasteiger partial charge >= 0.3 is 0 Å². The van der Waals surface area contributed by atoms with Gasteiger partial charge in [0, 0.05) is 18.1 Å². The highest BCUT2D eigenvalue weighted by Crippen LogP contribution is 2.30. The Morgan fingerprint density at radius 3 is 2.42 bits per heavy atom. The molecule has 106 valence electrons. The highest BCUT2D eigenvalue weighted by Gasteiger charge is 2.30. The van der Waals surface area contributed by atoms with Crippen molar-refractivity contribution in [1.82, 2.24) is 4.90 Å². The first-order valence-electron chi connectivity index (χ1n) is 7.63. The monoisotopic (exact) mass is 260 g/mol. The van der Waals surface area contributed by atoms with Crippen LogP contribution in [0.4, 0.5) is 0 Å². The molecule has 0 saturated heterocycles. The van der Waals surface area contributed by atoms with E-state index in [0.717, 1.165) is 5.92 Å². The van der Waals surface area contributed by atoms with E-state index in [2.05, 4.69) is 50.1 Å². The van der Waals surface area contributed by atoms with E-state index in [-0.39, 0.29) is 6.04 Å². The average Bonchev–Trinajstić information content (AvgIpc) is 2.46. The quantitative estimate of drug-likeness (QED) is 0.896. The lowest BCUT2D eigenvalue weighted by Gasteiger charge is -2.41. The Kier molecular flexibility index (Phi) is 5.00. The SMILES string of the molecule is CC1CCCCC1N(C)C(C)C(N)c1ccccc1. The molecular weight excluding hydrogens is 232 g/mol. The molecule has 0 aliphatic heterocycles. The minimum absolute atomic E-state index is 0.0975. The molecule has 4 atom stereocenters. The second-order valence-corrected chi connectivity index (χ2v) is 6.17. The van der Waals surface area contributed by atoms with Crippen molar-refractivity contribution in [1.29, 1.82) is 0 Å². The Morgan fingerprint density at radius 2 is 1.79 bits per heavy atom. The Bertz CT molecular complexity index is 376. The zero-order chi connectivity index (χ0) is 13.8. The maximum Gasteiger partial charge on any atom is 0.0450 e. The molecule has 2 heteroatoms. The molecule has 2 N–H and O–H groups in total. The fraction of sp³-hybridized carbons (Fsp3) is 0.647. The van der Waals surface area contributed by atoms with Gasteiger partial charge in [0.1, 0.15) is 0 Å². The molecule has 19 heavy (non-hydrogen) atoms. The van der Waals surface area contributed by atoms with Crippen LogP contribution in [0, 0.1) is 5.92 Å². The van der Waals surface area contributed by atoms with E-state index in [1.54, 1.807) is 0 Å². The average molecular weight is 260 g/mol. The molecule has 0 heterocycles. The van der Waals surface area contributed by atoms with Crippen LogP contribution in [0.5, 0.6) is 0 Å². The van der Waals surface area contributed by atoms with Gasteiger partial charge in [-0.25, -0.2) is 0 Å². The Morgan fingerprint density at radius 1 is 1.16 bits per heavy atom. The van der Waals surface area contributed by atoms with Crippen LogP contribution in [0.2, 0.25) is 0 Å². The van der Waals surface area contributed by atoms with Crippen molar-refractivity contribution in [3.63, 3.8) is 0 Å². The van der Waals surface area contributed by atoms with E-state index in [1.807, 2.05) is 6.07 Å². The lowest BCUT2D eigenvalue weighted by atomic mass is 9.84. The molecule has 4 unspecified atom stereocenters. The molecule has 1 aliphatic rings. The van der Waals surface area contributed by atoms with Crippen LogP contribution in [0.15, 0.2) is 30.3 Å². The van der Waals surface area contributed by atoms with Crippen LogP contribution >= 0.6 is 0 Å². The highest BCUT2D eigenvalue weighted by molar-refractivity contribution is 5.20. The van der Waals surface area contributed by atoms with E-state index in [4.69, 9.17) is 5.73 Å². The van der Waals surface area contributed by atoms with Crippen molar-refractivity contribution in [2.75, 3.05) is 7.05 Å². The van der Waals surface area contributed by atoms with Gasteiger partial charge < -0.3 is 5.73 Å². The molecule has 1 aromatic rings. The topological polar surface area (TPSA) is 29.3 Å². The Labute approximate surface area is 118 Å². The fourth-order valence-corrected chi connectivity index (χ4v) is 3.41. The number of nitrogens with two attached hydrogens (primary N) is 1. The van der Waals surface area contributed by atoms with E-state index >= 15 is 0 Å². The van der Waals surface area contributed by atoms with Crippen molar-refractivity contribution < 1.29 is 0 Å². The summed E-state index contributed by atoms with van der Waals surface area (Å²) in [6.07, 6.45) is 5.45. The third-order valence-electron chi connectivity index (χ3n) is 4.94. The minimum atomic E-state index is 0.0975. The maximum atomic E-state index is 6.45. The molecule has 1 fully saturated rings. The molecule has 1 saturated carbocycles.